The minimum Gasteiger partial charge on any atom is -0.398 e. The van der Waals surface area contributed by atoms with Crippen LogP contribution in [0, 0.1) is 18.6 Å². The first kappa shape index (κ1) is 13.7. The second-order valence-corrected chi connectivity index (χ2v) is 4.97. The van der Waals surface area contributed by atoms with Gasteiger partial charge in [-0.2, -0.15) is 0 Å². The molecule has 2 aromatic rings. The molecule has 0 amide bonds. The van der Waals surface area contributed by atoms with Crippen LogP contribution < -0.4 is 5.73 Å². The first-order chi connectivity index (χ1) is 8.91. The largest absolute Gasteiger partial charge is 0.398 e. The molecule has 0 aliphatic heterocycles. The number of rotatable bonds is 2. The van der Waals surface area contributed by atoms with Crippen molar-refractivity contribution >= 4 is 27.4 Å². The fourth-order valence-electron chi connectivity index (χ4n) is 1.68. The third kappa shape index (κ3) is 2.51. The van der Waals surface area contributed by atoms with E-state index < -0.39 is 23.0 Å². The summed E-state index contributed by atoms with van der Waals surface area (Å²) in [4.78, 5) is 12.2. The maximum absolute atomic E-state index is 13.9. The van der Waals surface area contributed by atoms with Crippen LogP contribution >= 0.6 is 15.9 Å². The molecule has 0 saturated carbocycles. The molecular weight excluding hydrogens is 316 g/mol. The topological polar surface area (TPSA) is 43.1 Å². The van der Waals surface area contributed by atoms with Gasteiger partial charge in [0.25, 0.3) is 0 Å². The summed E-state index contributed by atoms with van der Waals surface area (Å²) in [5.41, 5.74) is 5.90. The highest BCUT2D eigenvalue weighted by atomic mass is 79.9. The van der Waals surface area contributed by atoms with Crippen LogP contribution in [0.5, 0.6) is 0 Å². The predicted molar refractivity (Wildman–Crippen MR) is 73.1 cm³/mol. The second-order valence-electron chi connectivity index (χ2n) is 4.12. The summed E-state index contributed by atoms with van der Waals surface area (Å²) in [5.74, 6) is -2.42. The fraction of sp³-hybridized carbons (Fsp3) is 0.0714. The first-order valence-corrected chi connectivity index (χ1v) is 6.25. The van der Waals surface area contributed by atoms with Crippen LogP contribution in [0.3, 0.4) is 0 Å². The van der Waals surface area contributed by atoms with E-state index in [1.54, 1.807) is 0 Å². The van der Waals surface area contributed by atoms with Crippen LogP contribution in [0.25, 0.3) is 0 Å². The van der Waals surface area contributed by atoms with Crippen molar-refractivity contribution in [3.05, 3.63) is 63.1 Å². The van der Waals surface area contributed by atoms with Gasteiger partial charge in [-0.1, -0.05) is 6.07 Å². The Morgan fingerprint density at radius 1 is 1.21 bits per heavy atom. The number of benzene rings is 2. The molecule has 0 fully saturated rings. The number of nitrogens with two attached hydrogens (primary N) is 1. The molecule has 0 unspecified atom stereocenters. The maximum atomic E-state index is 13.9. The molecule has 2 aromatic carbocycles. The van der Waals surface area contributed by atoms with E-state index in [1.165, 1.54) is 31.2 Å². The molecule has 5 heteroatoms. The predicted octanol–water partition coefficient (Wildman–Crippen LogP) is 3.85. The quantitative estimate of drug-likeness (QED) is 0.673. The van der Waals surface area contributed by atoms with E-state index in [-0.39, 0.29) is 11.1 Å². The molecule has 0 radical (unpaired) electrons. The van der Waals surface area contributed by atoms with Gasteiger partial charge in [0, 0.05) is 15.7 Å². The van der Waals surface area contributed by atoms with Gasteiger partial charge in [0.1, 0.15) is 11.6 Å². The Morgan fingerprint density at radius 3 is 2.53 bits per heavy atom. The minimum atomic E-state index is -0.874. The van der Waals surface area contributed by atoms with Crippen molar-refractivity contribution < 1.29 is 13.6 Å². The van der Waals surface area contributed by atoms with Crippen molar-refractivity contribution in [3.8, 4) is 0 Å². The molecule has 0 saturated heterocycles. The molecule has 0 spiro atoms. The smallest absolute Gasteiger partial charge is 0.198 e. The molecule has 98 valence electrons. The van der Waals surface area contributed by atoms with Crippen molar-refractivity contribution in [1.29, 1.82) is 0 Å². The van der Waals surface area contributed by atoms with Gasteiger partial charge < -0.3 is 5.73 Å². The summed E-state index contributed by atoms with van der Waals surface area (Å²) < 4.78 is 28.0. The number of hydrogen-bond donors (Lipinski definition) is 1. The number of aryl methyl sites for hydroxylation is 1. The number of hydrogen-bond acceptors (Lipinski definition) is 2. The Balaban J connectivity index is 2.56. The van der Waals surface area contributed by atoms with Gasteiger partial charge in [0.2, 0.25) is 0 Å². The van der Waals surface area contributed by atoms with E-state index in [0.717, 1.165) is 6.07 Å². The second kappa shape index (κ2) is 5.09. The Kier molecular flexibility index (Phi) is 3.66. The van der Waals surface area contributed by atoms with E-state index in [2.05, 4.69) is 15.9 Å². The summed E-state index contributed by atoms with van der Waals surface area (Å²) in [6, 6.07) is 6.75. The lowest BCUT2D eigenvalue weighted by Gasteiger charge is -2.07. The summed E-state index contributed by atoms with van der Waals surface area (Å²) in [6.45, 7) is 1.48. The van der Waals surface area contributed by atoms with Gasteiger partial charge in [-0.15, -0.1) is 0 Å². The lowest BCUT2D eigenvalue weighted by molar-refractivity contribution is 0.103. The molecule has 2 rings (SSSR count). The van der Waals surface area contributed by atoms with E-state index in [4.69, 9.17) is 5.73 Å². The van der Waals surface area contributed by atoms with E-state index in [1.807, 2.05) is 0 Å². The number of halogens is 3. The molecule has 0 aliphatic rings. The Bertz CT molecular complexity index is 671. The van der Waals surface area contributed by atoms with E-state index >= 15 is 0 Å². The van der Waals surface area contributed by atoms with Crippen LogP contribution in [0.1, 0.15) is 21.5 Å². The normalized spacial score (nSPS) is 10.5. The standard InChI is InChI=1S/C14H10BrF2NO/c1-7-2-4-10(16)12(13(7)17)14(19)8-3-5-11(18)9(15)6-8/h2-6H,18H2,1H3. The first-order valence-electron chi connectivity index (χ1n) is 5.46. The van der Waals surface area contributed by atoms with Gasteiger partial charge in [-0.05, 0) is 52.7 Å². The molecule has 0 heterocycles. The fourth-order valence-corrected chi connectivity index (χ4v) is 2.06. The number of nitrogen functional groups attached to an aromatic ring is 1. The zero-order chi connectivity index (χ0) is 14.2. The van der Waals surface area contributed by atoms with Crippen LogP contribution in [0.15, 0.2) is 34.8 Å². The van der Waals surface area contributed by atoms with Crippen LogP contribution in [-0.4, -0.2) is 5.78 Å². The number of ketones is 1. The van der Waals surface area contributed by atoms with E-state index in [0.29, 0.717) is 10.2 Å². The third-order valence-electron chi connectivity index (χ3n) is 2.77. The zero-order valence-corrected chi connectivity index (χ0v) is 11.6. The molecule has 2 nitrogen and oxygen atoms in total. The third-order valence-corrected chi connectivity index (χ3v) is 3.46. The van der Waals surface area contributed by atoms with Gasteiger partial charge in [-0.3, -0.25) is 4.79 Å². The molecule has 0 bridgehead atoms. The van der Waals surface area contributed by atoms with Crippen LogP contribution in [0.4, 0.5) is 14.5 Å². The number of carbonyl (C=O) groups is 1. The number of carbonyl (C=O) groups excluding carboxylic acids is 1. The average molecular weight is 326 g/mol. The summed E-state index contributed by atoms with van der Waals surface area (Å²) in [7, 11) is 0. The van der Waals surface area contributed by atoms with Crippen LogP contribution in [0.2, 0.25) is 0 Å². The van der Waals surface area contributed by atoms with Crippen molar-refractivity contribution in [3.63, 3.8) is 0 Å². The lowest BCUT2D eigenvalue weighted by atomic mass is 10.00. The number of anilines is 1. The van der Waals surface area contributed by atoms with Crippen molar-refractivity contribution in [2.45, 2.75) is 6.92 Å². The van der Waals surface area contributed by atoms with Gasteiger partial charge >= 0.3 is 0 Å². The van der Waals surface area contributed by atoms with Gasteiger partial charge in [-0.25, -0.2) is 8.78 Å². The Morgan fingerprint density at radius 2 is 1.89 bits per heavy atom. The van der Waals surface area contributed by atoms with Crippen molar-refractivity contribution in [2.24, 2.45) is 0 Å². The van der Waals surface area contributed by atoms with Crippen LogP contribution in [-0.2, 0) is 0 Å². The summed E-state index contributed by atoms with van der Waals surface area (Å²) in [5, 5.41) is 0. The Labute approximate surface area is 117 Å². The van der Waals surface area contributed by atoms with E-state index in [9.17, 15) is 13.6 Å². The molecular formula is C14H10BrF2NO. The molecule has 2 N–H and O–H groups in total. The monoisotopic (exact) mass is 325 g/mol. The van der Waals surface area contributed by atoms with Gasteiger partial charge in [0.05, 0.1) is 5.56 Å². The SMILES string of the molecule is Cc1ccc(F)c(C(=O)c2ccc(N)c(Br)c2)c1F. The lowest BCUT2D eigenvalue weighted by Crippen LogP contribution is -2.09. The highest BCUT2D eigenvalue weighted by Gasteiger charge is 2.20. The molecule has 0 aromatic heterocycles. The highest BCUT2D eigenvalue weighted by Crippen LogP contribution is 2.24. The van der Waals surface area contributed by atoms with Gasteiger partial charge in [0.15, 0.2) is 5.78 Å². The molecule has 0 atom stereocenters. The Hall–Kier alpha value is -1.75. The minimum absolute atomic E-state index is 0.171. The molecule has 19 heavy (non-hydrogen) atoms. The maximum Gasteiger partial charge on any atom is 0.198 e. The van der Waals surface area contributed by atoms with Crippen molar-refractivity contribution in [1.82, 2.24) is 0 Å². The highest BCUT2D eigenvalue weighted by molar-refractivity contribution is 9.10. The molecule has 0 aliphatic carbocycles. The summed E-state index contributed by atoms with van der Waals surface area (Å²) in [6.07, 6.45) is 0. The van der Waals surface area contributed by atoms with Crippen molar-refractivity contribution in [2.75, 3.05) is 5.73 Å². The summed E-state index contributed by atoms with van der Waals surface area (Å²) >= 11 is 3.17. The average Bonchev–Trinajstić information content (AvgIpc) is 2.37. The zero-order valence-electron chi connectivity index (χ0n) is 10.0.